The first-order valence-corrected chi connectivity index (χ1v) is 8.77. The molecule has 1 amide bonds. The van der Waals surface area contributed by atoms with Crippen LogP contribution in [0.25, 0.3) is 16.8 Å². The van der Waals surface area contributed by atoms with E-state index in [2.05, 4.69) is 5.32 Å². The van der Waals surface area contributed by atoms with Crippen molar-refractivity contribution in [3.05, 3.63) is 70.8 Å². The SMILES string of the molecule is COc1cc(/C=C(\C#N)C(=O)Nc2cccc3ccccc23)cc(Cl)c1OC. The van der Waals surface area contributed by atoms with Gasteiger partial charge in [0.1, 0.15) is 11.6 Å². The van der Waals surface area contributed by atoms with Gasteiger partial charge in [-0.3, -0.25) is 4.79 Å². The van der Waals surface area contributed by atoms with E-state index in [1.807, 2.05) is 42.5 Å². The minimum atomic E-state index is -0.509. The topological polar surface area (TPSA) is 71.3 Å². The average Bonchev–Trinajstić information content (AvgIpc) is 2.71. The number of nitrogens with one attached hydrogen (secondary N) is 1. The van der Waals surface area contributed by atoms with Crippen LogP contribution in [0, 0.1) is 11.3 Å². The van der Waals surface area contributed by atoms with E-state index in [4.69, 9.17) is 21.1 Å². The quantitative estimate of drug-likeness (QED) is 0.486. The van der Waals surface area contributed by atoms with Gasteiger partial charge in [0, 0.05) is 11.1 Å². The number of fused-ring (bicyclic) bond motifs is 1. The van der Waals surface area contributed by atoms with E-state index in [9.17, 15) is 10.1 Å². The molecule has 3 aromatic rings. The highest BCUT2D eigenvalue weighted by Crippen LogP contribution is 2.36. The fraction of sp³-hybridized carbons (Fsp3) is 0.0909. The molecule has 6 heteroatoms. The summed E-state index contributed by atoms with van der Waals surface area (Å²) in [5.74, 6) is 0.290. The second-order valence-corrected chi connectivity index (χ2v) is 6.30. The van der Waals surface area contributed by atoms with Crippen molar-refractivity contribution in [2.24, 2.45) is 0 Å². The lowest BCUT2D eigenvalue weighted by atomic mass is 10.1. The molecular formula is C22H17ClN2O3. The second-order valence-electron chi connectivity index (χ2n) is 5.89. The Kier molecular flexibility index (Phi) is 5.83. The van der Waals surface area contributed by atoms with E-state index in [-0.39, 0.29) is 5.57 Å². The number of methoxy groups -OCH3 is 2. The molecule has 1 N–H and O–H groups in total. The van der Waals surface area contributed by atoms with E-state index in [0.29, 0.717) is 27.8 Å². The van der Waals surface area contributed by atoms with Crippen molar-refractivity contribution < 1.29 is 14.3 Å². The summed E-state index contributed by atoms with van der Waals surface area (Å²) in [6.07, 6.45) is 1.45. The van der Waals surface area contributed by atoms with Crippen molar-refractivity contribution >= 4 is 40.0 Å². The Hall–Kier alpha value is -3.49. The Labute approximate surface area is 167 Å². The van der Waals surface area contributed by atoms with Gasteiger partial charge >= 0.3 is 0 Å². The molecule has 0 saturated carbocycles. The van der Waals surface area contributed by atoms with Crippen LogP contribution in [0.2, 0.25) is 5.02 Å². The van der Waals surface area contributed by atoms with E-state index in [0.717, 1.165) is 10.8 Å². The Balaban J connectivity index is 1.94. The molecule has 0 aliphatic rings. The van der Waals surface area contributed by atoms with E-state index >= 15 is 0 Å². The molecule has 3 rings (SSSR count). The Morgan fingerprint density at radius 1 is 1.11 bits per heavy atom. The van der Waals surface area contributed by atoms with E-state index < -0.39 is 5.91 Å². The van der Waals surface area contributed by atoms with Crippen LogP contribution >= 0.6 is 11.6 Å². The summed E-state index contributed by atoms with van der Waals surface area (Å²) in [5, 5.41) is 14.5. The summed E-state index contributed by atoms with van der Waals surface area (Å²) in [6, 6.07) is 18.5. The van der Waals surface area contributed by atoms with Crippen molar-refractivity contribution in [3.63, 3.8) is 0 Å². The molecule has 0 fully saturated rings. The first-order chi connectivity index (χ1) is 13.6. The minimum Gasteiger partial charge on any atom is -0.493 e. The van der Waals surface area contributed by atoms with Gasteiger partial charge in [-0.25, -0.2) is 0 Å². The maximum Gasteiger partial charge on any atom is 0.266 e. The van der Waals surface area contributed by atoms with Gasteiger partial charge in [0.15, 0.2) is 11.5 Å². The summed E-state index contributed by atoms with van der Waals surface area (Å²) in [6.45, 7) is 0. The van der Waals surface area contributed by atoms with Gasteiger partial charge in [0.05, 0.1) is 19.2 Å². The Morgan fingerprint density at radius 2 is 1.86 bits per heavy atom. The highest BCUT2D eigenvalue weighted by atomic mass is 35.5. The highest BCUT2D eigenvalue weighted by Gasteiger charge is 2.14. The van der Waals surface area contributed by atoms with E-state index in [1.165, 1.54) is 20.3 Å². The molecule has 3 aromatic carbocycles. The zero-order valence-corrected chi connectivity index (χ0v) is 16.1. The van der Waals surface area contributed by atoms with Crippen LogP contribution < -0.4 is 14.8 Å². The smallest absolute Gasteiger partial charge is 0.266 e. The highest BCUT2D eigenvalue weighted by molar-refractivity contribution is 6.32. The number of amides is 1. The van der Waals surface area contributed by atoms with E-state index in [1.54, 1.807) is 18.2 Å². The normalized spacial score (nSPS) is 11.0. The first-order valence-electron chi connectivity index (χ1n) is 8.39. The fourth-order valence-corrected chi connectivity index (χ4v) is 3.16. The summed E-state index contributed by atoms with van der Waals surface area (Å²) < 4.78 is 10.5. The third kappa shape index (κ3) is 3.93. The number of nitrogens with zero attached hydrogens (tertiary/aromatic N) is 1. The standard InChI is InChI=1S/C22H17ClN2O3/c1-27-20-12-14(11-18(23)21(20)28-2)10-16(13-24)22(26)25-19-9-5-7-15-6-3-4-8-17(15)19/h3-12H,1-2H3,(H,25,26)/b16-10+. The van der Waals surface area contributed by atoms with Gasteiger partial charge in [0.2, 0.25) is 0 Å². The van der Waals surface area contributed by atoms with Crippen LogP contribution in [0.3, 0.4) is 0 Å². The van der Waals surface area contributed by atoms with Crippen LogP contribution in [0.1, 0.15) is 5.56 Å². The van der Waals surface area contributed by atoms with Crippen LogP contribution in [-0.2, 0) is 4.79 Å². The summed E-state index contributed by atoms with van der Waals surface area (Å²) in [5.41, 5.74) is 1.12. The molecule has 0 aliphatic carbocycles. The molecule has 5 nitrogen and oxygen atoms in total. The number of carbonyl (C=O) groups excluding carboxylic acids is 1. The number of anilines is 1. The molecule has 28 heavy (non-hydrogen) atoms. The molecule has 0 saturated heterocycles. The van der Waals surface area contributed by atoms with Crippen LogP contribution in [-0.4, -0.2) is 20.1 Å². The summed E-state index contributed by atoms with van der Waals surface area (Å²) in [7, 11) is 2.97. The number of carbonyl (C=O) groups is 1. The van der Waals surface area contributed by atoms with Gasteiger partial charge in [-0.15, -0.1) is 0 Å². The third-order valence-corrected chi connectivity index (χ3v) is 4.45. The van der Waals surface area contributed by atoms with Gasteiger partial charge < -0.3 is 14.8 Å². The maximum atomic E-state index is 12.7. The predicted octanol–water partition coefficient (Wildman–Crippen LogP) is 5.06. The predicted molar refractivity (Wildman–Crippen MR) is 111 cm³/mol. The first kappa shape index (κ1) is 19.3. The number of hydrogen-bond acceptors (Lipinski definition) is 4. The molecule has 140 valence electrons. The van der Waals surface area contributed by atoms with Crippen molar-refractivity contribution in [2.45, 2.75) is 0 Å². The molecule has 0 atom stereocenters. The number of rotatable bonds is 5. The number of halogens is 1. The van der Waals surface area contributed by atoms with Crippen LogP contribution in [0.4, 0.5) is 5.69 Å². The molecule has 0 aromatic heterocycles. The Morgan fingerprint density at radius 3 is 2.57 bits per heavy atom. The Bertz CT molecular complexity index is 1110. The van der Waals surface area contributed by atoms with Crippen molar-refractivity contribution in [2.75, 3.05) is 19.5 Å². The monoisotopic (exact) mass is 392 g/mol. The van der Waals surface area contributed by atoms with Crippen LogP contribution in [0.15, 0.2) is 60.2 Å². The zero-order valence-electron chi connectivity index (χ0n) is 15.3. The van der Waals surface area contributed by atoms with Crippen molar-refractivity contribution in [1.82, 2.24) is 0 Å². The molecule has 0 heterocycles. The van der Waals surface area contributed by atoms with Crippen LogP contribution in [0.5, 0.6) is 11.5 Å². The van der Waals surface area contributed by atoms with Crippen molar-refractivity contribution in [1.29, 1.82) is 5.26 Å². The number of hydrogen-bond donors (Lipinski definition) is 1. The lowest BCUT2D eigenvalue weighted by Crippen LogP contribution is -2.13. The van der Waals surface area contributed by atoms with Gasteiger partial charge in [-0.05, 0) is 35.2 Å². The maximum absolute atomic E-state index is 12.7. The fourth-order valence-electron chi connectivity index (χ4n) is 2.86. The van der Waals surface area contributed by atoms with Gasteiger partial charge in [-0.1, -0.05) is 48.0 Å². The largest absolute Gasteiger partial charge is 0.493 e. The molecule has 0 aliphatic heterocycles. The lowest BCUT2D eigenvalue weighted by Gasteiger charge is -2.11. The summed E-state index contributed by atoms with van der Waals surface area (Å²) >= 11 is 6.20. The molecule has 0 spiro atoms. The average molecular weight is 393 g/mol. The third-order valence-electron chi connectivity index (χ3n) is 4.17. The number of benzene rings is 3. The summed E-state index contributed by atoms with van der Waals surface area (Å²) in [4.78, 5) is 12.7. The van der Waals surface area contributed by atoms with Crippen molar-refractivity contribution in [3.8, 4) is 17.6 Å². The molecular weight excluding hydrogens is 376 g/mol. The number of nitriles is 1. The number of ether oxygens (including phenoxy) is 2. The molecule has 0 radical (unpaired) electrons. The van der Waals surface area contributed by atoms with Gasteiger partial charge in [-0.2, -0.15) is 5.26 Å². The second kappa shape index (κ2) is 8.47. The molecule has 0 unspecified atom stereocenters. The molecule has 0 bridgehead atoms. The lowest BCUT2D eigenvalue weighted by molar-refractivity contribution is -0.112. The van der Waals surface area contributed by atoms with Gasteiger partial charge in [0.25, 0.3) is 5.91 Å². The zero-order chi connectivity index (χ0) is 20.1. The minimum absolute atomic E-state index is 0.0591.